The first-order valence-corrected chi connectivity index (χ1v) is 7.02. The lowest BCUT2D eigenvalue weighted by Crippen LogP contribution is -2.37. The third-order valence-electron chi connectivity index (χ3n) is 4.30. The Morgan fingerprint density at radius 1 is 1.37 bits per heavy atom. The number of ketones is 1. The van der Waals surface area contributed by atoms with E-state index >= 15 is 0 Å². The highest BCUT2D eigenvalue weighted by molar-refractivity contribution is 5.94. The number of piperidine rings is 1. The van der Waals surface area contributed by atoms with Crippen molar-refractivity contribution >= 4 is 5.78 Å². The average molecular weight is 261 g/mol. The quantitative estimate of drug-likeness (QED) is 0.850. The van der Waals surface area contributed by atoms with Crippen LogP contribution in [0.1, 0.15) is 43.1 Å². The maximum atomic E-state index is 11.4. The van der Waals surface area contributed by atoms with Gasteiger partial charge in [-0.3, -0.25) is 9.69 Å². The summed E-state index contributed by atoms with van der Waals surface area (Å²) in [5, 5.41) is 9.93. The van der Waals surface area contributed by atoms with Crippen LogP contribution in [-0.2, 0) is 6.54 Å². The first-order valence-electron chi connectivity index (χ1n) is 7.02. The Bertz CT molecular complexity index is 470. The second-order valence-electron chi connectivity index (χ2n) is 5.88. The number of carbonyl (C=O) groups is 1. The second kappa shape index (κ2) is 5.74. The van der Waals surface area contributed by atoms with E-state index in [1.54, 1.807) is 19.1 Å². The molecule has 2 rings (SSSR count). The molecule has 3 heteroatoms. The summed E-state index contributed by atoms with van der Waals surface area (Å²) in [7, 11) is 0. The van der Waals surface area contributed by atoms with Gasteiger partial charge in [-0.15, -0.1) is 0 Å². The van der Waals surface area contributed by atoms with Gasteiger partial charge in [0.1, 0.15) is 5.75 Å². The normalized spacial score (nSPS) is 24.4. The van der Waals surface area contributed by atoms with Crippen molar-refractivity contribution in [2.45, 2.75) is 33.7 Å². The number of hydrogen-bond donors (Lipinski definition) is 1. The Hall–Kier alpha value is -1.35. The number of aromatic hydroxyl groups is 1. The molecular formula is C16H23NO2. The summed E-state index contributed by atoms with van der Waals surface area (Å²) in [6, 6.07) is 5.13. The molecule has 0 saturated carbocycles. The molecule has 1 fully saturated rings. The number of carbonyl (C=O) groups excluding carboxylic acids is 1. The molecule has 1 aliphatic rings. The molecule has 1 aromatic carbocycles. The molecule has 1 N–H and O–H groups in total. The SMILES string of the molecule is CC(=O)c1ccc(O)c(CN2CCC(C)C(C)C2)c1. The molecule has 0 amide bonds. The topological polar surface area (TPSA) is 40.5 Å². The van der Waals surface area contributed by atoms with E-state index in [1.807, 2.05) is 6.07 Å². The van der Waals surface area contributed by atoms with Crippen LogP contribution in [-0.4, -0.2) is 28.9 Å². The highest BCUT2D eigenvalue weighted by atomic mass is 16.3. The summed E-state index contributed by atoms with van der Waals surface area (Å²) >= 11 is 0. The Kier molecular flexibility index (Phi) is 4.25. The second-order valence-corrected chi connectivity index (χ2v) is 5.88. The molecule has 19 heavy (non-hydrogen) atoms. The number of phenolic OH excluding ortho intramolecular Hbond substituents is 1. The maximum absolute atomic E-state index is 11.4. The zero-order valence-corrected chi connectivity index (χ0v) is 12.0. The Labute approximate surface area is 115 Å². The highest BCUT2D eigenvalue weighted by Gasteiger charge is 2.23. The molecule has 0 spiro atoms. The number of hydrogen-bond acceptors (Lipinski definition) is 3. The van der Waals surface area contributed by atoms with Crippen molar-refractivity contribution < 1.29 is 9.90 Å². The van der Waals surface area contributed by atoms with Gasteiger partial charge < -0.3 is 5.11 Å². The zero-order chi connectivity index (χ0) is 14.0. The molecule has 2 unspecified atom stereocenters. The van der Waals surface area contributed by atoms with Crippen LogP contribution < -0.4 is 0 Å². The summed E-state index contributed by atoms with van der Waals surface area (Å²) in [5.41, 5.74) is 1.53. The van der Waals surface area contributed by atoms with Gasteiger partial charge in [0.2, 0.25) is 0 Å². The summed E-state index contributed by atoms with van der Waals surface area (Å²) in [4.78, 5) is 13.8. The van der Waals surface area contributed by atoms with Gasteiger partial charge in [0.05, 0.1) is 0 Å². The molecule has 1 heterocycles. The number of likely N-dealkylation sites (tertiary alicyclic amines) is 1. The smallest absolute Gasteiger partial charge is 0.159 e. The Morgan fingerprint density at radius 2 is 2.11 bits per heavy atom. The number of phenols is 1. The van der Waals surface area contributed by atoms with Gasteiger partial charge in [-0.2, -0.15) is 0 Å². The first-order chi connectivity index (χ1) is 8.97. The van der Waals surface area contributed by atoms with Gasteiger partial charge in [-0.05, 0) is 49.9 Å². The van der Waals surface area contributed by atoms with Crippen molar-refractivity contribution in [3.05, 3.63) is 29.3 Å². The van der Waals surface area contributed by atoms with Crippen LogP contribution in [0.5, 0.6) is 5.75 Å². The third-order valence-corrected chi connectivity index (χ3v) is 4.30. The van der Waals surface area contributed by atoms with E-state index in [9.17, 15) is 9.90 Å². The molecule has 1 saturated heterocycles. The van der Waals surface area contributed by atoms with Gasteiger partial charge in [0, 0.05) is 24.2 Å². The molecule has 3 nitrogen and oxygen atoms in total. The van der Waals surface area contributed by atoms with E-state index in [-0.39, 0.29) is 11.5 Å². The number of Topliss-reactive ketones (excluding diaryl/α,β-unsaturated/α-hetero) is 1. The van der Waals surface area contributed by atoms with Crippen LogP contribution in [0.4, 0.5) is 0 Å². The average Bonchev–Trinajstić information content (AvgIpc) is 2.36. The summed E-state index contributed by atoms with van der Waals surface area (Å²) in [5.74, 6) is 1.79. The predicted octanol–water partition coefficient (Wildman–Crippen LogP) is 3.07. The standard InChI is InChI=1S/C16H23NO2/c1-11-6-7-17(9-12(11)2)10-15-8-14(13(3)18)4-5-16(15)19/h4-5,8,11-12,19H,6-7,9-10H2,1-3H3. The van der Waals surface area contributed by atoms with Crippen molar-refractivity contribution in [1.82, 2.24) is 4.90 Å². The number of rotatable bonds is 3. The number of nitrogens with zero attached hydrogens (tertiary/aromatic N) is 1. The van der Waals surface area contributed by atoms with E-state index in [0.29, 0.717) is 11.5 Å². The van der Waals surface area contributed by atoms with E-state index in [1.165, 1.54) is 6.42 Å². The lowest BCUT2D eigenvalue weighted by atomic mass is 9.88. The molecule has 2 atom stereocenters. The fraction of sp³-hybridized carbons (Fsp3) is 0.562. The van der Waals surface area contributed by atoms with Crippen LogP contribution in [0.3, 0.4) is 0 Å². The van der Waals surface area contributed by atoms with Crippen LogP contribution in [0.15, 0.2) is 18.2 Å². The summed E-state index contributed by atoms with van der Waals surface area (Å²) < 4.78 is 0. The van der Waals surface area contributed by atoms with Gasteiger partial charge >= 0.3 is 0 Å². The molecule has 1 aliphatic heterocycles. The van der Waals surface area contributed by atoms with Crippen molar-refractivity contribution in [2.24, 2.45) is 11.8 Å². The molecule has 104 valence electrons. The van der Waals surface area contributed by atoms with Gasteiger partial charge in [0.25, 0.3) is 0 Å². The minimum atomic E-state index is 0.0434. The van der Waals surface area contributed by atoms with Gasteiger partial charge in [-0.25, -0.2) is 0 Å². The van der Waals surface area contributed by atoms with E-state index in [2.05, 4.69) is 18.7 Å². The fourth-order valence-corrected chi connectivity index (χ4v) is 2.66. The van der Waals surface area contributed by atoms with Gasteiger partial charge in [-0.1, -0.05) is 13.8 Å². The van der Waals surface area contributed by atoms with Crippen molar-refractivity contribution in [1.29, 1.82) is 0 Å². The van der Waals surface area contributed by atoms with E-state index < -0.39 is 0 Å². The van der Waals surface area contributed by atoms with Crippen molar-refractivity contribution in [3.8, 4) is 5.75 Å². The molecule has 1 aromatic rings. The number of benzene rings is 1. The Balaban J connectivity index is 2.10. The van der Waals surface area contributed by atoms with Gasteiger partial charge in [0.15, 0.2) is 5.78 Å². The molecular weight excluding hydrogens is 238 g/mol. The largest absolute Gasteiger partial charge is 0.508 e. The minimum absolute atomic E-state index is 0.0434. The fourth-order valence-electron chi connectivity index (χ4n) is 2.66. The molecule has 0 aliphatic carbocycles. The van der Waals surface area contributed by atoms with Crippen LogP contribution in [0.25, 0.3) is 0 Å². The highest BCUT2D eigenvalue weighted by Crippen LogP contribution is 2.26. The lowest BCUT2D eigenvalue weighted by Gasteiger charge is -2.35. The van der Waals surface area contributed by atoms with E-state index in [4.69, 9.17) is 0 Å². The van der Waals surface area contributed by atoms with Crippen LogP contribution in [0.2, 0.25) is 0 Å². The zero-order valence-electron chi connectivity index (χ0n) is 12.0. The van der Waals surface area contributed by atoms with E-state index in [0.717, 1.165) is 31.1 Å². The third kappa shape index (κ3) is 3.35. The first kappa shape index (κ1) is 14.1. The maximum Gasteiger partial charge on any atom is 0.159 e. The monoisotopic (exact) mass is 261 g/mol. The van der Waals surface area contributed by atoms with Crippen molar-refractivity contribution in [2.75, 3.05) is 13.1 Å². The summed E-state index contributed by atoms with van der Waals surface area (Å²) in [6.07, 6.45) is 1.20. The predicted molar refractivity (Wildman–Crippen MR) is 76.3 cm³/mol. The Morgan fingerprint density at radius 3 is 2.74 bits per heavy atom. The van der Waals surface area contributed by atoms with Crippen LogP contribution >= 0.6 is 0 Å². The molecule has 0 bridgehead atoms. The van der Waals surface area contributed by atoms with Crippen molar-refractivity contribution in [3.63, 3.8) is 0 Å². The molecule has 0 radical (unpaired) electrons. The molecule has 0 aromatic heterocycles. The lowest BCUT2D eigenvalue weighted by molar-refractivity contribution is 0.101. The minimum Gasteiger partial charge on any atom is -0.508 e. The summed E-state index contributed by atoms with van der Waals surface area (Å²) in [6.45, 7) is 8.99. The van der Waals surface area contributed by atoms with Crippen LogP contribution in [0, 0.1) is 11.8 Å².